The molecule has 0 rings (SSSR count). The Morgan fingerprint density at radius 3 is 2.43 bits per heavy atom. The van der Waals surface area contributed by atoms with E-state index in [1.807, 2.05) is 11.8 Å². The molecule has 0 saturated carbocycles. The average molecular weight is 218 g/mol. The largest absolute Gasteiger partial charge is 0.393 e. The fraction of sp³-hybridized carbons (Fsp3) is 1.00. The first-order valence-corrected chi connectivity index (χ1v) is 7.30. The highest BCUT2D eigenvalue weighted by molar-refractivity contribution is 7.98. The standard InChI is InChI=1S/C12H26OS/c1-4-6-7-11(5-2)10-12(13)8-9-14-3/h11-13H,4-10H2,1-3H3. The molecule has 0 aromatic carbocycles. The third-order valence-corrected chi connectivity index (χ3v) is 3.45. The molecule has 0 fully saturated rings. The van der Waals surface area contributed by atoms with Gasteiger partial charge in [-0.15, -0.1) is 0 Å². The molecule has 0 heterocycles. The summed E-state index contributed by atoms with van der Waals surface area (Å²) in [5.74, 6) is 1.83. The number of thioether (sulfide) groups is 1. The molecule has 0 bridgehead atoms. The van der Waals surface area contributed by atoms with Gasteiger partial charge in [-0.05, 0) is 30.8 Å². The number of unbranched alkanes of at least 4 members (excludes halogenated alkanes) is 1. The minimum atomic E-state index is -0.0655. The van der Waals surface area contributed by atoms with Crippen LogP contribution in [-0.4, -0.2) is 23.2 Å². The molecule has 0 saturated heterocycles. The molecule has 1 N–H and O–H groups in total. The van der Waals surface area contributed by atoms with E-state index in [1.165, 1.54) is 25.7 Å². The van der Waals surface area contributed by atoms with Crippen molar-refractivity contribution in [3.8, 4) is 0 Å². The summed E-state index contributed by atoms with van der Waals surface area (Å²) in [6.45, 7) is 4.47. The van der Waals surface area contributed by atoms with E-state index in [4.69, 9.17) is 0 Å². The highest BCUT2D eigenvalue weighted by Gasteiger charge is 2.11. The predicted molar refractivity (Wildman–Crippen MR) is 66.9 cm³/mol. The molecule has 0 aliphatic heterocycles. The lowest BCUT2D eigenvalue weighted by molar-refractivity contribution is 0.135. The lowest BCUT2D eigenvalue weighted by Gasteiger charge is -2.18. The van der Waals surface area contributed by atoms with Crippen LogP contribution in [0.2, 0.25) is 0 Å². The molecular weight excluding hydrogens is 192 g/mol. The van der Waals surface area contributed by atoms with Crippen molar-refractivity contribution in [2.24, 2.45) is 5.92 Å². The van der Waals surface area contributed by atoms with Gasteiger partial charge in [-0.2, -0.15) is 11.8 Å². The van der Waals surface area contributed by atoms with Crippen LogP contribution in [0.3, 0.4) is 0 Å². The monoisotopic (exact) mass is 218 g/mol. The lowest BCUT2D eigenvalue weighted by atomic mass is 9.92. The van der Waals surface area contributed by atoms with Crippen molar-refractivity contribution in [2.75, 3.05) is 12.0 Å². The van der Waals surface area contributed by atoms with Crippen LogP contribution in [0.1, 0.15) is 52.4 Å². The molecule has 2 heteroatoms. The van der Waals surface area contributed by atoms with Crippen LogP contribution in [-0.2, 0) is 0 Å². The molecule has 0 aliphatic carbocycles. The summed E-state index contributed by atoms with van der Waals surface area (Å²) in [5, 5.41) is 9.77. The smallest absolute Gasteiger partial charge is 0.0550 e. The van der Waals surface area contributed by atoms with Gasteiger partial charge in [0.25, 0.3) is 0 Å². The van der Waals surface area contributed by atoms with Crippen molar-refractivity contribution >= 4 is 11.8 Å². The van der Waals surface area contributed by atoms with E-state index in [9.17, 15) is 5.11 Å². The van der Waals surface area contributed by atoms with Crippen LogP contribution in [0.25, 0.3) is 0 Å². The maximum absolute atomic E-state index is 9.77. The maximum atomic E-state index is 9.77. The molecule has 1 nitrogen and oxygen atoms in total. The van der Waals surface area contributed by atoms with Crippen molar-refractivity contribution in [1.29, 1.82) is 0 Å². The third kappa shape index (κ3) is 7.69. The van der Waals surface area contributed by atoms with E-state index in [0.29, 0.717) is 0 Å². The topological polar surface area (TPSA) is 20.2 Å². The quantitative estimate of drug-likeness (QED) is 0.636. The molecule has 0 radical (unpaired) electrons. The molecule has 14 heavy (non-hydrogen) atoms. The molecule has 0 aliphatic rings. The number of hydrogen-bond donors (Lipinski definition) is 1. The zero-order valence-electron chi connectivity index (χ0n) is 9.96. The Bertz CT molecular complexity index is 117. The zero-order chi connectivity index (χ0) is 10.8. The first kappa shape index (κ1) is 14.3. The van der Waals surface area contributed by atoms with Crippen molar-refractivity contribution < 1.29 is 5.11 Å². The van der Waals surface area contributed by atoms with Crippen LogP contribution in [0, 0.1) is 5.92 Å². The van der Waals surface area contributed by atoms with Gasteiger partial charge in [0, 0.05) is 0 Å². The third-order valence-electron chi connectivity index (χ3n) is 2.80. The van der Waals surface area contributed by atoms with Crippen LogP contribution >= 0.6 is 11.8 Å². The van der Waals surface area contributed by atoms with E-state index in [2.05, 4.69) is 20.1 Å². The first-order valence-electron chi connectivity index (χ1n) is 5.91. The molecule has 86 valence electrons. The number of hydrogen-bond acceptors (Lipinski definition) is 2. The SMILES string of the molecule is CCCCC(CC)CC(O)CCSC. The lowest BCUT2D eigenvalue weighted by Crippen LogP contribution is -2.14. The highest BCUT2D eigenvalue weighted by Crippen LogP contribution is 2.20. The van der Waals surface area contributed by atoms with Gasteiger partial charge >= 0.3 is 0 Å². The first-order chi connectivity index (χ1) is 6.74. The molecule has 0 spiro atoms. The average Bonchev–Trinajstić information content (AvgIpc) is 2.21. The molecule has 0 amide bonds. The Morgan fingerprint density at radius 1 is 1.21 bits per heavy atom. The Morgan fingerprint density at radius 2 is 1.93 bits per heavy atom. The second kappa shape index (κ2) is 9.85. The summed E-state index contributed by atoms with van der Waals surface area (Å²) in [5.41, 5.74) is 0. The Kier molecular flexibility index (Phi) is 10.1. The van der Waals surface area contributed by atoms with Crippen LogP contribution in [0.15, 0.2) is 0 Å². The minimum Gasteiger partial charge on any atom is -0.393 e. The zero-order valence-corrected chi connectivity index (χ0v) is 10.8. The molecule has 2 unspecified atom stereocenters. The number of aliphatic hydroxyl groups excluding tert-OH is 1. The van der Waals surface area contributed by atoms with Gasteiger partial charge in [0.05, 0.1) is 6.10 Å². The van der Waals surface area contributed by atoms with E-state index in [-0.39, 0.29) is 6.10 Å². The number of aliphatic hydroxyl groups is 1. The maximum Gasteiger partial charge on any atom is 0.0550 e. The van der Waals surface area contributed by atoms with Gasteiger partial charge in [0.1, 0.15) is 0 Å². The van der Waals surface area contributed by atoms with Gasteiger partial charge in [0.15, 0.2) is 0 Å². The second-order valence-electron chi connectivity index (χ2n) is 4.09. The molecule has 0 aromatic heterocycles. The summed E-state index contributed by atoms with van der Waals surface area (Å²) in [6, 6.07) is 0. The summed E-state index contributed by atoms with van der Waals surface area (Å²) in [7, 11) is 0. The van der Waals surface area contributed by atoms with E-state index in [0.717, 1.165) is 24.5 Å². The normalized spacial score (nSPS) is 15.4. The van der Waals surface area contributed by atoms with Crippen molar-refractivity contribution in [1.82, 2.24) is 0 Å². The second-order valence-corrected chi connectivity index (χ2v) is 5.07. The summed E-state index contributed by atoms with van der Waals surface area (Å²) in [6.07, 6.45) is 9.11. The van der Waals surface area contributed by atoms with Gasteiger partial charge in [-0.1, -0.05) is 39.5 Å². The van der Waals surface area contributed by atoms with Crippen LogP contribution in [0.4, 0.5) is 0 Å². The number of rotatable bonds is 9. The molecular formula is C12H26OS. The fourth-order valence-electron chi connectivity index (χ4n) is 1.74. The van der Waals surface area contributed by atoms with E-state index >= 15 is 0 Å². The molecule has 2 atom stereocenters. The van der Waals surface area contributed by atoms with Crippen LogP contribution in [0.5, 0.6) is 0 Å². The predicted octanol–water partition coefficient (Wildman–Crippen LogP) is 3.71. The van der Waals surface area contributed by atoms with Gasteiger partial charge < -0.3 is 5.11 Å². The Balaban J connectivity index is 3.57. The summed E-state index contributed by atoms with van der Waals surface area (Å²) >= 11 is 1.82. The van der Waals surface area contributed by atoms with E-state index < -0.39 is 0 Å². The summed E-state index contributed by atoms with van der Waals surface area (Å²) in [4.78, 5) is 0. The van der Waals surface area contributed by atoms with Gasteiger partial charge in [-0.25, -0.2) is 0 Å². The van der Waals surface area contributed by atoms with Gasteiger partial charge in [-0.3, -0.25) is 0 Å². The van der Waals surface area contributed by atoms with Crippen molar-refractivity contribution in [3.05, 3.63) is 0 Å². The Hall–Kier alpha value is 0.310. The summed E-state index contributed by atoms with van der Waals surface area (Å²) < 4.78 is 0. The highest BCUT2D eigenvalue weighted by atomic mass is 32.2. The van der Waals surface area contributed by atoms with E-state index in [1.54, 1.807) is 0 Å². The van der Waals surface area contributed by atoms with Gasteiger partial charge in [0.2, 0.25) is 0 Å². The van der Waals surface area contributed by atoms with Crippen molar-refractivity contribution in [3.63, 3.8) is 0 Å². The van der Waals surface area contributed by atoms with Crippen LogP contribution < -0.4 is 0 Å². The fourth-order valence-corrected chi connectivity index (χ4v) is 2.25. The molecule has 0 aromatic rings. The van der Waals surface area contributed by atoms with Crippen molar-refractivity contribution in [2.45, 2.75) is 58.5 Å². The Labute approximate surface area is 93.7 Å². The minimum absolute atomic E-state index is 0.0655.